The van der Waals surface area contributed by atoms with Crippen LogP contribution in [0.1, 0.15) is 41.0 Å². The standard InChI is InChI=1S/C30H31NO4/c1-34-26-16-21(12-13-25(26)32)29-15-14-24(22-10-6-7-11-23(22)29)30(28(33)35-2)19-31(18-27(29)30)17-20-8-4-3-5-9-20/h3-13,16,24,27,32H,14-15,17-19H2,1-2H3. The number of likely N-dealkylation sites (tertiary alicyclic amines) is 1. The average molecular weight is 470 g/mol. The van der Waals surface area contributed by atoms with Gasteiger partial charge < -0.3 is 14.6 Å². The lowest BCUT2D eigenvalue weighted by molar-refractivity contribution is -0.161. The smallest absolute Gasteiger partial charge is 0.314 e. The van der Waals surface area contributed by atoms with Gasteiger partial charge in [-0.25, -0.2) is 0 Å². The molecule has 4 atom stereocenters. The van der Waals surface area contributed by atoms with Crippen molar-refractivity contribution in [2.75, 3.05) is 27.3 Å². The molecule has 3 aromatic carbocycles. The number of nitrogens with zero attached hydrogens (tertiary/aromatic N) is 1. The minimum absolute atomic E-state index is 0.0501. The lowest BCUT2D eigenvalue weighted by Crippen LogP contribution is -2.60. The molecule has 4 unspecified atom stereocenters. The molecule has 2 fully saturated rings. The highest BCUT2D eigenvalue weighted by Crippen LogP contribution is 2.69. The van der Waals surface area contributed by atoms with Gasteiger partial charge in [-0.1, -0.05) is 60.7 Å². The monoisotopic (exact) mass is 469 g/mol. The van der Waals surface area contributed by atoms with E-state index < -0.39 is 5.41 Å². The van der Waals surface area contributed by atoms with E-state index in [1.54, 1.807) is 13.2 Å². The first kappa shape index (κ1) is 22.2. The quantitative estimate of drug-likeness (QED) is 0.541. The molecule has 5 nitrogen and oxygen atoms in total. The predicted octanol–water partition coefficient (Wildman–Crippen LogP) is 4.87. The van der Waals surface area contributed by atoms with Crippen molar-refractivity contribution in [2.45, 2.75) is 30.7 Å². The Morgan fingerprint density at radius 3 is 2.60 bits per heavy atom. The van der Waals surface area contributed by atoms with E-state index in [1.165, 1.54) is 23.8 Å². The highest BCUT2D eigenvalue weighted by atomic mass is 16.5. The fourth-order valence-electron chi connectivity index (χ4n) is 7.64. The first-order valence-corrected chi connectivity index (χ1v) is 12.4. The Morgan fingerprint density at radius 2 is 1.83 bits per heavy atom. The zero-order chi connectivity index (χ0) is 24.2. The van der Waals surface area contributed by atoms with E-state index in [1.807, 2.05) is 18.2 Å². The lowest BCUT2D eigenvalue weighted by Gasteiger charge is -2.59. The van der Waals surface area contributed by atoms with E-state index in [0.29, 0.717) is 12.3 Å². The van der Waals surface area contributed by atoms with Crippen molar-refractivity contribution in [3.05, 3.63) is 95.1 Å². The fraction of sp³-hybridized carbons (Fsp3) is 0.367. The number of rotatable bonds is 5. The summed E-state index contributed by atoms with van der Waals surface area (Å²) in [6, 6.07) is 24.8. The Morgan fingerprint density at radius 1 is 1.06 bits per heavy atom. The van der Waals surface area contributed by atoms with Crippen molar-refractivity contribution in [1.82, 2.24) is 4.90 Å². The summed E-state index contributed by atoms with van der Waals surface area (Å²) in [5, 5.41) is 10.4. The summed E-state index contributed by atoms with van der Waals surface area (Å²) in [4.78, 5) is 16.2. The molecular weight excluding hydrogens is 438 g/mol. The number of fused-ring (bicyclic) bond motifs is 1. The van der Waals surface area contributed by atoms with E-state index >= 15 is 0 Å². The second-order valence-electron chi connectivity index (χ2n) is 10.3. The van der Waals surface area contributed by atoms with Crippen LogP contribution in [0.2, 0.25) is 0 Å². The summed E-state index contributed by atoms with van der Waals surface area (Å²) in [5.41, 5.74) is 3.91. The second kappa shape index (κ2) is 8.13. The van der Waals surface area contributed by atoms with Gasteiger partial charge in [0.25, 0.3) is 0 Å². The van der Waals surface area contributed by atoms with Gasteiger partial charge in [0, 0.05) is 36.9 Å². The maximum atomic E-state index is 13.8. The number of carbonyl (C=O) groups excluding carboxylic acids is 1. The molecule has 1 saturated carbocycles. The highest BCUT2D eigenvalue weighted by molar-refractivity contribution is 5.82. The van der Waals surface area contributed by atoms with Crippen molar-refractivity contribution in [3.63, 3.8) is 0 Å². The molecule has 0 aromatic heterocycles. The van der Waals surface area contributed by atoms with E-state index in [0.717, 1.165) is 31.5 Å². The van der Waals surface area contributed by atoms with Gasteiger partial charge in [-0.05, 0) is 47.2 Å². The van der Waals surface area contributed by atoms with Gasteiger partial charge in [-0.2, -0.15) is 0 Å². The largest absolute Gasteiger partial charge is 0.504 e. The Balaban J connectivity index is 1.56. The van der Waals surface area contributed by atoms with Crippen molar-refractivity contribution in [1.29, 1.82) is 0 Å². The number of hydrogen-bond acceptors (Lipinski definition) is 5. The summed E-state index contributed by atoms with van der Waals surface area (Å²) in [6.45, 7) is 2.28. The summed E-state index contributed by atoms with van der Waals surface area (Å²) in [7, 11) is 3.11. The molecule has 0 amide bonds. The molecule has 180 valence electrons. The minimum atomic E-state index is -0.624. The summed E-state index contributed by atoms with van der Waals surface area (Å²) in [6.07, 6.45) is 1.87. The minimum Gasteiger partial charge on any atom is -0.504 e. The maximum absolute atomic E-state index is 13.8. The summed E-state index contributed by atoms with van der Waals surface area (Å²) >= 11 is 0. The van der Waals surface area contributed by atoms with Crippen molar-refractivity contribution in [3.8, 4) is 11.5 Å². The third kappa shape index (κ3) is 3.00. The number of aromatic hydroxyl groups is 1. The van der Waals surface area contributed by atoms with Gasteiger partial charge in [0.2, 0.25) is 0 Å². The number of benzene rings is 3. The molecule has 0 spiro atoms. The third-order valence-electron chi connectivity index (χ3n) is 8.92. The lowest BCUT2D eigenvalue weighted by atomic mass is 9.42. The molecule has 7 rings (SSSR count). The Labute approximate surface area is 206 Å². The zero-order valence-electron chi connectivity index (χ0n) is 20.2. The normalized spacial score (nSPS) is 28.9. The van der Waals surface area contributed by atoms with Crippen LogP contribution in [-0.4, -0.2) is 43.3 Å². The van der Waals surface area contributed by atoms with Crippen LogP contribution >= 0.6 is 0 Å². The molecule has 3 aliphatic carbocycles. The van der Waals surface area contributed by atoms with Crippen molar-refractivity contribution >= 4 is 5.97 Å². The SMILES string of the molecule is COC(=O)C12CN(Cc3ccccc3)CC1C1(c3ccc(O)c(OC)c3)CCC2c2ccccc21. The number of phenols is 1. The molecule has 1 aliphatic heterocycles. The fourth-order valence-corrected chi connectivity index (χ4v) is 7.64. The zero-order valence-corrected chi connectivity index (χ0v) is 20.2. The first-order chi connectivity index (χ1) is 17.0. The number of esters is 1. The van der Waals surface area contributed by atoms with Crippen molar-refractivity contribution in [2.24, 2.45) is 11.3 Å². The van der Waals surface area contributed by atoms with Gasteiger partial charge in [0.15, 0.2) is 11.5 Å². The topological polar surface area (TPSA) is 59.0 Å². The number of methoxy groups -OCH3 is 2. The average Bonchev–Trinajstić information content (AvgIpc) is 3.31. The van der Waals surface area contributed by atoms with Gasteiger partial charge in [-0.3, -0.25) is 9.69 Å². The molecular formula is C30H31NO4. The van der Waals surface area contributed by atoms with Gasteiger partial charge >= 0.3 is 5.97 Å². The third-order valence-corrected chi connectivity index (χ3v) is 8.92. The summed E-state index contributed by atoms with van der Waals surface area (Å²) in [5.74, 6) is 0.658. The van der Waals surface area contributed by atoms with Crippen LogP contribution in [0.5, 0.6) is 11.5 Å². The van der Waals surface area contributed by atoms with E-state index in [9.17, 15) is 9.90 Å². The Kier molecular flexibility index (Phi) is 5.15. The molecule has 0 radical (unpaired) electrons. The number of carbonyl (C=O) groups is 1. The van der Waals surface area contributed by atoms with Crippen LogP contribution in [0.3, 0.4) is 0 Å². The van der Waals surface area contributed by atoms with Crippen molar-refractivity contribution < 1.29 is 19.4 Å². The van der Waals surface area contributed by atoms with Crippen LogP contribution in [0.4, 0.5) is 0 Å². The van der Waals surface area contributed by atoms with Gasteiger partial charge in [0.05, 0.1) is 19.6 Å². The maximum Gasteiger partial charge on any atom is 0.314 e. The number of phenolic OH excluding ortho intramolecular Hbond substituents is 1. The molecule has 4 aliphatic rings. The molecule has 1 saturated heterocycles. The molecule has 35 heavy (non-hydrogen) atoms. The number of ether oxygens (including phenoxy) is 2. The molecule has 1 N–H and O–H groups in total. The van der Waals surface area contributed by atoms with Crippen LogP contribution < -0.4 is 4.74 Å². The van der Waals surface area contributed by atoms with Crippen LogP contribution in [0, 0.1) is 11.3 Å². The van der Waals surface area contributed by atoms with Crippen LogP contribution in [0.25, 0.3) is 0 Å². The highest BCUT2D eigenvalue weighted by Gasteiger charge is 2.70. The molecule has 2 bridgehead atoms. The molecule has 1 heterocycles. The van der Waals surface area contributed by atoms with Crippen LogP contribution in [0.15, 0.2) is 72.8 Å². The van der Waals surface area contributed by atoms with E-state index in [4.69, 9.17) is 9.47 Å². The van der Waals surface area contributed by atoms with Gasteiger partial charge in [-0.15, -0.1) is 0 Å². The predicted molar refractivity (Wildman–Crippen MR) is 134 cm³/mol. The second-order valence-corrected chi connectivity index (χ2v) is 10.3. The Hall–Kier alpha value is -3.31. The first-order valence-electron chi connectivity index (χ1n) is 12.4. The Bertz CT molecular complexity index is 1270. The molecule has 3 aromatic rings. The van der Waals surface area contributed by atoms with Crippen LogP contribution in [-0.2, 0) is 21.5 Å². The molecule has 5 heteroatoms. The van der Waals surface area contributed by atoms with Gasteiger partial charge in [0.1, 0.15) is 0 Å². The van der Waals surface area contributed by atoms with E-state index in [2.05, 4.69) is 53.4 Å². The summed E-state index contributed by atoms with van der Waals surface area (Å²) < 4.78 is 11.1. The van der Waals surface area contributed by atoms with E-state index in [-0.39, 0.29) is 29.0 Å². The number of hydrogen-bond donors (Lipinski definition) is 1.